The van der Waals surface area contributed by atoms with Gasteiger partial charge in [0.1, 0.15) is 5.75 Å². The van der Waals surface area contributed by atoms with Crippen LogP contribution >= 0.6 is 0 Å². The molecule has 0 saturated heterocycles. The van der Waals surface area contributed by atoms with E-state index in [4.69, 9.17) is 4.74 Å². The summed E-state index contributed by atoms with van der Waals surface area (Å²) in [5.41, 5.74) is 3.79. The Morgan fingerprint density at radius 2 is 1.89 bits per heavy atom. The molecule has 140 valence electrons. The molecular formula is C20H23N5O2. The Balaban J connectivity index is 1.71. The van der Waals surface area contributed by atoms with Gasteiger partial charge in [-0.25, -0.2) is 4.68 Å². The van der Waals surface area contributed by atoms with Crippen LogP contribution < -0.4 is 0 Å². The molecule has 27 heavy (non-hydrogen) atoms. The van der Waals surface area contributed by atoms with Gasteiger partial charge >= 0.3 is 0 Å². The smallest absolute Gasteiger partial charge is 0.173 e. The quantitative estimate of drug-likeness (QED) is 0.721. The minimum Gasteiger partial charge on any atom is -0.508 e. The largest absolute Gasteiger partial charge is 0.508 e. The van der Waals surface area contributed by atoms with Crippen LogP contribution in [0.25, 0.3) is 0 Å². The molecule has 7 nitrogen and oxygen atoms in total. The molecule has 0 spiro atoms. The molecule has 0 aliphatic carbocycles. The van der Waals surface area contributed by atoms with Gasteiger partial charge < -0.3 is 9.84 Å². The Morgan fingerprint density at radius 3 is 2.67 bits per heavy atom. The summed E-state index contributed by atoms with van der Waals surface area (Å²) in [4.78, 5) is 2.39. The molecule has 1 aliphatic heterocycles. The summed E-state index contributed by atoms with van der Waals surface area (Å²) in [7, 11) is 1.67. The van der Waals surface area contributed by atoms with Crippen molar-refractivity contribution in [1.82, 2.24) is 25.1 Å². The van der Waals surface area contributed by atoms with Crippen molar-refractivity contribution in [2.75, 3.05) is 20.3 Å². The van der Waals surface area contributed by atoms with Crippen molar-refractivity contribution in [2.45, 2.75) is 25.6 Å². The Kier molecular flexibility index (Phi) is 5.13. The summed E-state index contributed by atoms with van der Waals surface area (Å²) in [6.45, 7) is 2.89. The lowest BCUT2D eigenvalue weighted by Gasteiger charge is -2.35. The minimum absolute atomic E-state index is 0.0918. The second-order valence-electron chi connectivity index (χ2n) is 6.74. The number of fused-ring (bicyclic) bond motifs is 1. The molecule has 4 rings (SSSR count). The molecule has 0 fully saturated rings. The number of methoxy groups -OCH3 is 1. The van der Waals surface area contributed by atoms with Gasteiger partial charge in [0.15, 0.2) is 5.82 Å². The standard InChI is InChI=1S/C20H23N5O2/c1-27-13-12-25-20(21-22-23-25)19(16-6-8-18(26)9-7-16)24-11-10-15-4-2-3-5-17(15)14-24/h2-9,19,26H,10-14H2,1H3. The highest BCUT2D eigenvalue weighted by Crippen LogP contribution is 2.32. The van der Waals surface area contributed by atoms with E-state index >= 15 is 0 Å². The van der Waals surface area contributed by atoms with Crippen LogP contribution in [0, 0.1) is 0 Å². The van der Waals surface area contributed by atoms with Crippen molar-refractivity contribution in [3.63, 3.8) is 0 Å². The number of phenols is 1. The first-order chi connectivity index (χ1) is 13.3. The number of aromatic nitrogens is 4. The van der Waals surface area contributed by atoms with Gasteiger partial charge in [-0.15, -0.1) is 5.10 Å². The van der Waals surface area contributed by atoms with E-state index in [1.807, 2.05) is 16.8 Å². The Morgan fingerprint density at radius 1 is 1.11 bits per heavy atom. The van der Waals surface area contributed by atoms with Crippen molar-refractivity contribution < 1.29 is 9.84 Å². The molecular weight excluding hydrogens is 342 g/mol. The van der Waals surface area contributed by atoms with Gasteiger partial charge in [0, 0.05) is 20.2 Å². The van der Waals surface area contributed by atoms with Crippen molar-refractivity contribution in [3.8, 4) is 5.75 Å². The molecule has 2 aromatic carbocycles. The van der Waals surface area contributed by atoms with E-state index in [1.165, 1.54) is 11.1 Å². The molecule has 7 heteroatoms. The zero-order valence-corrected chi connectivity index (χ0v) is 15.3. The van der Waals surface area contributed by atoms with E-state index in [1.54, 1.807) is 19.2 Å². The molecule has 0 radical (unpaired) electrons. The van der Waals surface area contributed by atoms with Gasteiger partial charge in [0.05, 0.1) is 19.2 Å². The Bertz CT molecular complexity index is 893. The second kappa shape index (κ2) is 7.85. The lowest BCUT2D eigenvalue weighted by atomic mass is 9.96. The fourth-order valence-corrected chi connectivity index (χ4v) is 3.66. The first kappa shape index (κ1) is 17.6. The Labute approximate surface area is 158 Å². The van der Waals surface area contributed by atoms with Gasteiger partial charge in [-0.3, -0.25) is 4.90 Å². The highest BCUT2D eigenvalue weighted by atomic mass is 16.5. The maximum Gasteiger partial charge on any atom is 0.173 e. The van der Waals surface area contributed by atoms with Crippen LogP contribution in [0.3, 0.4) is 0 Å². The fourth-order valence-electron chi connectivity index (χ4n) is 3.66. The number of hydrogen-bond donors (Lipinski definition) is 1. The minimum atomic E-state index is -0.0918. The molecule has 2 heterocycles. The van der Waals surface area contributed by atoms with E-state index in [0.29, 0.717) is 13.2 Å². The predicted octanol–water partition coefficient (Wildman–Crippen LogP) is 2.17. The van der Waals surface area contributed by atoms with Gasteiger partial charge in [-0.2, -0.15) is 0 Å². The summed E-state index contributed by atoms with van der Waals surface area (Å²) in [5, 5.41) is 22.1. The van der Waals surface area contributed by atoms with Crippen molar-refractivity contribution in [1.29, 1.82) is 0 Å². The third-order valence-electron chi connectivity index (χ3n) is 5.05. The van der Waals surface area contributed by atoms with Gasteiger partial charge in [0.2, 0.25) is 0 Å². The number of hydrogen-bond acceptors (Lipinski definition) is 6. The van der Waals surface area contributed by atoms with Crippen LogP contribution in [-0.2, 0) is 24.2 Å². The van der Waals surface area contributed by atoms with Crippen molar-refractivity contribution in [3.05, 3.63) is 71.0 Å². The maximum atomic E-state index is 9.70. The van der Waals surface area contributed by atoms with Crippen molar-refractivity contribution in [2.24, 2.45) is 0 Å². The zero-order valence-electron chi connectivity index (χ0n) is 15.3. The van der Waals surface area contributed by atoms with Crippen LogP contribution in [-0.4, -0.2) is 50.5 Å². The summed E-state index contributed by atoms with van der Waals surface area (Å²) < 4.78 is 7.01. The van der Waals surface area contributed by atoms with Crippen LogP contribution in [0.2, 0.25) is 0 Å². The third kappa shape index (κ3) is 3.70. The number of benzene rings is 2. The van der Waals surface area contributed by atoms with E-state index in [2.05, 4.69) is 44.7 Å². The van der Waals surface area contributed by atoms with E-state index in [-0.39, 0.29) is 11.8 Å². The Hall–Kier alpha value is -2.77. The molecule has 0 amide bonds. The number of phenolic OH excluding ortho intramolecular Hbond substituents is 1. The average molecular weight is 365 g/mol. The predicted molar refractivity (Wildman–Crippen MR) is 100 cm³/mol. The van der Waals surface area contributed by atoms with Gasteiger partial charge in [-0.1, -0.05) is 36.4 Å². The average Bonchev–Trinajstić information content (AvgIpc) is 3.16. The summed E-state index contributed by atoms with van der Waals surface area (Å²) in [5.74, 6) is 1.04. The van der Waals surface area contributed by atoms with E-state index in [9.17, 15) is 5.11 Å². The molecule has 1 atom stereocenters. The highest BCUT2D eigenvalue weighted by Gasteiger charge is 2.30. The molecule has 1 unspecified atom stereocenters. The number of rotatable bonds is 6. The second-order valence-corrected chi connectivity index (χ2v) is 6.74. The van der Waals surface area contributed by atoms with Crippen LogP contribution in [0.4, 0.5) is 0 Å². The molecule has 1 aliphatic rings. The fraction of sp³-hybridized carbons (Fsp3) is 0.350. The number of ether oxygens (including phenoxy) is 1. The summed E-state index contributed by atoms with van der Waals surface area (Å²) in [6.07, 6.45) is 0.990. The first-order valence-electron chi connectivity index (χ1n) is 9.11. The SMILES string of the molecule is COCCn1nnnc1C(c1ccc(O)cc1)N1CCc2ccccc2C1. The van der Waals surface area contributed by atoms with Gasteiger partial charge in [0.25, 0.3) is 0 Å². The number of nitrogens with zero attached hydrogens (tertiary/aromatic N) is 5. The van der Waals surface area contributed by atoms with Crippen LogP contribution in [0.1, 0.15) is 28.6 Å². The number of tetrazole rings is 1. The number of aromatic hydroxyl groups is 1. The maximum absolute atomic E-state index is 9.70. The summed E-state index contributed by atoms with van der Waals surface area (Å²) >= 11 is 0. The highest BCUT2D eigenvalue weighted by molar-refractivity contribution is 5.34. The molecule has 0 saturated carbocycles. The van der Waals surface area contributed by atoms with Crippen LogP contribution in [0.15, 0.2) is 48.5 Å². The molecule has 1 N–H and O–H groups in total. The van der Waals surface area contributed by atoms with Crippen molar-refractivity contribution >= 4 is 0 Å². The van der Waals surface area contributed by atoms with Gasteiger partial charge in [-0.05, 0) is 45.7 Å². The zero-order chi connectivity index (χ0) is 18.6. The summed E-state index contributed by atoms with van der Waals surface area (Å²) in [6, 6.07) is 15.8. The van der Waals surface area contributed by atoms with E-state index in [0.717, 1.165) is 30.9 Å². The molecule has 1 aromatic heterocycles. The molecule has 0 bridgehead atoms. The van der Waals surface area contributed by atoms with Crippen LogP contribution in [0.5, 0.6) is 5.75 Å². The first-order valence-corrected chi connectivity index (χ1v) is 9.11. The topological polar surface area (TPSA) is 76.3 Å². The monoisotopic (exact) mass is 365 g/mol. The molecule has 3 aromatic rings. The third-order valence-corrected chi connectivity index (χ3v) is 5.05. The normalized spacial score (nSPS) is 15.4. The lowest BCUT2D eigenvalue weighted by Crippen LogP contribution is -2.36. The van der Waals surface area contributed by atoms with E-state index < -0.39 is 0 Å². The lowest BCUT2D eigenvalue weighted by molar-refractivity contribution is 0.170.